The predicted molar refractivity (Wildman–Crippen MR) is 69.7 cm³/mol. The lowest BCUT2D eigenvalue weighted by atomic mass is 10.1. The van der Waals surface area contributed by atoms with Gasteiger partial charge in [-0.05, 0) is 11.4 Å². The molecule has 0 saturated carbocycles. The maximum Gasteiger partial charge on any atom is 0.431 e. The van der Waals surface area contributed by atoms with Gasteiger partial charge in [-0.1, -0.05) is 19.9 Å². The van der Waals surface area contributed by atoms with E-state index in [1.54, 1.807) is 11.4 Å². The molecule has 1 N–H and O–H groups in total. The molecule has 0 atom stereocenters. The van der Waals surface area contributed by atoms with Crippen molar-refractivity contribution in [2.75, 3.05) is 0 Å². The van der Waals surface area contributed by atoms with E-state index in [1.807, 2.05) is 5.43 Å². The summed E-state index contributed by atoms with van der Waals surface area (Å²) in [6.45, 7) is 3.05. The monoisotopic (exact) mass is 306 g/mol. The van der Waals surface area contributed by atoms with Crippen LogP contribution in [0.15, 0.2) is 22.6 Å². The van der Waals surface area contributed by atoms with Gasteiger partial charge < -0.3 is 0 Å². The molecule has 0 fully saturated rings. The molecule has 110 valence electrons. The zero-order valence-corrected chi connectivity index (χ0v) is 11.6. The number of halogens is 3. The summed E-state index contributed by atoms with van der Waals surface area (Å²) >= 11 is 1.05. The summed E-state index contributed by atoms with van der Waals surface area (Å²) < 4.78 is 38.2. The molecule has 0 aliphatic rings. The van der Waals surface area contributed by atoms with Crippen molar-refractivity contribution in [3.8, 4) is 0 Å². The van der Waals surface area contributed by atoms with Gasteiger partial charge >= 0.3 is 6.18 Å². The van der Waals surface area contributed by atoms with Crippen molar-refractivity contribution in [2.24, 2.45) is 11.0 Å². The molecule has 0 aromatic carbocycles. The minimum atomic E-state index is -4.77. The fraction of sp³-hybridized carbons (Fsp3) is 0.417. The number of Topliss-reactive ketones (excluding diaryl/α,β-unsaturated/α-hetero) is 1. The minimum absolute atomic E-state index is 0.220. The molecule has 0 unspecified atom stereocenters. The number of hydrogen-bond donors (Lipinski definition) is 1. The van der Waals surface area contributed by atoms with Crippen LogP contribution < -0.4 is 5.43 Å². The lowest BCUT2D eigenvalue weighted by Gasteiger charge is -2.10. The molecule has 1 aromatic rings. The number of nitrogens with zero attached hydrogens (tertiary/aromatic N) is 1. The van der Waals surface area contributed by atoms with Gasteiger partial charge in [0.25, 0.3) is 0 Å². The Kier molecular flexibility index (Phi) is 5.43. The van der Waals surface area contributed by atoms with E-state index in [9.17, 15) is 22.8 Å². The van der Waals surface area contributed by atoms with Crippen LogP contribution in [0.25, 0.3) is 0 Å². The van der Waals surface area contributed by atoms with E-state index < -0.39 is 35.9 Å². The van der Waals surface area contributed by atoms with E-state index in [-0.39, 0.29) is 4.88 Å². The summed E-state index contributed by atoms with van der Waals surface area (Å²) in [6.07, 6.45) is -5.67. The Morgan fingerprint density at radius 1 is 1.40 bits per heavy atom. The van der Waals surface area contributed by atoms with Crippen molar-refractivity contribution in [1.29, 1.82) is 0 Å². The van der Waals surface area contributed by atoms with Crippen LogP contribution in [0.1, 0.15) is 29.9 Å². The highest BCUT2D eigenvalue weighted by Gasteiger charge is 2.37. The molecule has 0 aliphatic carbocycles. The molecule has 0 bridgehead atoms. The van der Waals surface area contributed by atoms with E-state index in [0.29, 0.717) is 0 Å². The standard InChI is InChI=1S/C12H13F3N2O2S/c1-7(2)11(19)17-16-10(12(13,14)15)6-8(18)9-4-3-5-20-9/h3-5,7H,6H2,1-2H3,(H,17,19). The van der Waals surface area contributed by atoms with Gasteiger partial charge in [0.2, 0.25) is 5.91 Å². The summed E-state index contributed by atoms with van der Waals surface area (Å²) in [5.74, 6) is -1.83. The molecular formula is C12H13F3N2O2S. The first-order valence-electron chi connectivity index (χ1n) is 5.72. The third-order valence-corrected chi connectivity index (χ3v) is 3.19. The van der Waals surface area contributed by atoms with Crippen molar-refractivity contribution in [3.05, 3.63) is 22.4 Å². The number of hydrazone groups is 1. The summed E-state index contributed by atoms with van der Waals surface area (Å²) in [7, 11) is 0. The first kappa shape index (κ1) is 16.4. The van der Waals surface area contributed by atoms with Crippen LogP contribution in [0, 0.1) is 5.92 Å². The molecule has 1 amide bonds. The topological polar surface area (TPSA) is 58.5 Å². The Morgan fingerprint density at radius 3 is 2.50 bits per heavy atom. The van der Waals surface area contributed by atoms with Crippen molar-refractivity contribution in [2.45, 2.75) is 26.4 Å². The molecule has 20 heavy (non-hydrogen) atoms. The quantitative estimate of drug-likeness (QED) is 0.516. The normalized spacial score (nSPS) is 12.6. The van der Waals surface area contributed by atoms with Gasteiger partial charge in [0.1, 0.15) is 5.71 Å². The smallest absolute Gasteiger partial charge is 0.293 e. The lowest BCUT2D eigenvalue weighted by Crippen LogP contribution is -2.31. The van der Waals surface area contributed by atoms with E-state index in [0.717, 1.165) is 11.3 Å². The molecule has 0 spiro atoms. The van der Waals surface area contributed by atoms with Gasteiger partial charge in [0, 0.05) is 5.92 Å². The molecular weight excluding hydrogens is 293 g/mol. The first-order chi connectivity index (χ1) is 9.21. The second kappa shape index (κ2) is 6.65. The second-order valence-electron chi connectivity index (χ2n) is 4.26. The summed E-state index contributed by atoms with van der Waals surface area (Å²) in [5.41, 5.74) is 0.505. The number of carbonyl (C=O) groups is 2. The van der Waals surface area contributed by atoms with E-state index in [2.05, 4.69) is 5.10 Å². The van der Waals surface area contributed by atoms with Crippen molar-refractivity contribution < 1.29 is 22.8 Å². The Hall–Kier alpha value is -1.70. The van der Waals surface area contributed by atoms with E-state index in [1.165, 1.54) is 19.9 Å². The van der Waals surface area contributed by atoms with Crippen LogP contribution in [-0.2, 0) is 4.79 Å². The van der Waals surface area contributed by atoms with Gasteiger partial charge in [0.15, 0.2) is 5.78 Å². The highest BCUT2D eigenvalue weighted by molar-refractivity contribution is 7.12. The van der Waals surface area contributed by atoms with Gasteiger partial charge in [-0.25, -0.2) is 5.43 Å². The number of alkyl halides is 3. The summed E-state index contributed by atoms with van der Waals surface area (Å²) in [5, 5.41) is 4.64. The Labute approximate surface area is 117 Å². The SMILES string of the molecule is CC(C)C(=O)NN=C(CC(=O)c1cccs1)C(F)(F)F. The number of rotatable bonds is 5. The van der Waals surface area contributed by atoms with Crippen LogP contribution in [0.5, 0.6) is 0 Å². The van der Waals surface area contributed by atoms with Gasteiger partial charge in [-0.3, -0.25) is 9.59 Å². The Morgan fingerprint density at radius 2 is 2.05 bits per heavy atom. The lowest BCUT2D eigenvalue weighted by molar-refractivity contribution is -0.124. The average Bonchev–Trinajstić information content (AvgIpc) is 2.85. The second-order valence-corrected chi connectivity index (χ2v) is 5.21. The highest BCUT2D eigenvalue weighted by atomic mass is 32.1. The number of amides is 1. The zero-order chi connectivity index (χ0) is 15.3. The average molecular weight is 306 g/mol. The summed E-state index contributed by atoms with van der Waals surface area (Å²) in [4.78, 5) is 23.1. The molecule has 0 saturated heterocycles. The van der Waals surface area contributed by atoms with Gasteiger partial charge in [-0.2, -0.15) is 18.3 Å². The third-order valence-electron chi connectivity index (χ3n) is 2.28. The van der Waals surface area contributed by atoms with Crippen LogP contribution in [0.4, 0.5) is 13.2 Å². The Bertz CT molecular complexity index is 507. The molecule has 0 radical (unpaired) electrons. The zero-order valence-electron chi connectivity index (χ0n) is 10.8. The fourth-order valence-corrected chi connectivity index (χ4v) is 1.80. The van der Waals surface area contributed by atoms with E-state index >= 15 is 0 Å². The predicted octanol–water partition coefficient (Wildman–Crippen LogP) is 3.01. The molecule has 0 aliphatic heterocycles. The largest absolute Gasteiger partial charge is 0.431 e. The molecule has 4 nitrogen and oxygen atoms in total. The number of carbonyl (C=O) groups excluding carboxylic acids is 2. The Balaban J connectivity index is 2.83. The van der Waals surface area contributed by atoms with E-state index in [4.69, 9.17) is 0 Å². The summed E-state index contributed by atoms with van der Waals surface area (Å²) in [6, 6.07) is 3.01. The highest BCUT2D eigenvalue weighted by Crippen LogP contribution is 2.22. The van der Waals surface area contributed by atoms with Crippen molar-refractivity contribution >= 4 is 28.7 Å². The molecule has 1 aromatic heterocycles. The number of thiophene rings is 1. The molecule has 8 heteroatoms. The van der Waals surface area contributed by atoms with Crippen molar-refractivity contribution in [1.82, 2.24) is 5.43 Å². The van der Waals surface area contributed by atoms with Crippen molar-refractivity contribution in [3.63, 3.8) is 0 Å². The maximum absolute atomic E-state index is 12.7. The number of ketones is 1. The van der Waals surface area contributed by atoms with Crippen LogP contribution in [0.3, 0.4) is 0 Å². The fourth-order valence-electron chi connectivity index (χ4n) is 1.13. The van der Waals surface area contributed by atoms with Crippen LogP contribution in [0.2, 0.25) is 0 Å². The molecule has 1 heterocycles. The number of hydrogen-bond acceptors (Lipinski definition) is 4. The van der Waals surface area contributed by atoms with Gasteiger partial charge in [0.05, 0.1) is 11.3 Å². The van der Waals surface area contributed by atoms with Crippen LogP contribution >= 0.6 is 11.3 Å². The number of nitrogens with one attached hydrogen (secondary N) is 1. The van der Waals surface area contributed by atoms with Crippen LogP contribution in [-0.4, -0.2) is 23.6 Å². The third kappa shape index (κ3) is 4.76. The molecule has 1 rings (SSSR count). The van der Waals surface area contributed by atoms with Gasteiger partial charge in [-0.15, -0.1) is 11.3 Å². The minimum Gasteiger partial charge on any atom is -0.293 e. The maximum atomic E-state index is 12.7. The first-order valence-corrected chi connectivity index (χ1v) is 6.60.